The first-order valence-electron chi connectivity index (χ1n) is 9.60. The van der Waals surface area contributed by atoms with Crippen molar-refractivity contribution in [1.29, 1.82) is 0 Å². The van der Waals surface area contributed by atoms with Gasteiger partial charge in [0.15, 0.2) is 0 Å². The average Bonchev–Trinajstić information content (AvgIpc) is 2.67. The molecule has 1 aliphatic rings. The van der Waals surface area contributed by atoms with Crippen LogP contribution in [-0.2, 0) is 19.5 Å². The van der Waals surface area contributed by atoms with Crippen LogP contribution in [0.5, 0.6) is 0 Å². The molecule has 0 saturated heterocycles. The van der Waals surface area contributed by atoms with Crippen molar-refractivity contribution in [3.8, 4) is 0 Å². The zero-order chi connectivity index (χ0) is 19.2. The Balaban J connectivity index is 1.51. The third kappa shape index (κ3) is 5.30. The summed E-state index contributed by atoms with van der Waals surface area (Å²) in [6, 6.07) is 14.8. The van der Waals surface area contributed by atoms with E-state index in [0.29, 0.717) is 19.0 Å². The number of nitrogens with zero attached hydrogens (tertiary/aromatic N) is 1. The van der Waals surface area contributed by atoms with Crippen molar-refractivity contribution in [2.24, 2.45) is 5.92 Å². The zero-order valence-electron chi connectivity index (χ0n) is 16.0. The van der Waals surface area contributed by atoms with Crippen molar-refractivity contribution in [1.82, 2.24) is 15.5 Å². The van der Waals surface area contributed by atoms with Crippen molar-refractivity contribution >= 4 is 6.03 Å². The zero-order valence-corrected chi connectivity index (χ0v) is 16.0. The van der Waals surface area contributed by atoms with Gasteiger partial charge in [-0.15, -0.1) is 0 Å². The third-order valence-electron chi connectivity index (χ3n) is 5.24. The van der Waals surface area contributed by atoms with Gasteiger partial charge < -0.3 is 10.6 Å². The van der Waals surface area contributed by atoms with E-state index in [1.165, 1.54) is 23.3 Å². The van der Waals surface area contributed by atoms with Crippen LogP contribution in [0.15, 0.2) is 48.5 Å². The van der Waals surface area contributed by atoms with E-state index in [1.807, 2.05) is 0 Å². The van der Waals surface area contributed by atoms with Crippen LogP contribution in [0.25, 0.3) is 0 Å². The minimum Gasteiger partial charge on any atom is -0.337 e. The minimum atomic E-state index is -0.272. The largest absolute Gasteiger partial charge is 0.337 e. The summed E-state index contributed by atoms with van der Waals surface area (Å²) in [5, 5.41) is 5.84. The third-order valence-corrected chi connectivity index (χ3v) is 5.24. The van der Waals surface area contributed by atoms with Crippen LogP contribution in [0, 0.1) is 11.7 Å². The minimum absolute atomic E-state index is 0.192. The second-order valence-corrected chi connectivity index (χ2v) is 7.49. The fourth-order valence-corrected chi connectivity index (χ4v) is 3.63. The van der Waals surface area contributed by atoms with Crippen molar-refractivity contribution in [2.75, 3.05) is 13.1 Å². The fourth-order valence-electron chi connectivity index (χ4n) is 3.63. The quantitative estimate of drug-likeness (QED) is 0.815. The van der Waals surface area contributed by atoms with Crippen molar-refractivity contribution in [2.45, 2.75) is 39.4 Å². The molecule has 0 spiro atoms. The summed E-state index contributed by atoms with van der Waals surface area (Å²) >= 11 is 0. The Morgan fingerprint density at radius 1 is 1.07 bits per heavy atom. The Hall–Kier alpha value is -2.40. The Labute approximate surface area is 160 Å². The summed E-state index contributed by atoms with van der Waals surface area (Å²) in [5.41, 5.74) is 3.69. The number of fused-ring (bicyclic) bond motifs is 1. The second kappa shape index (κ2) is 9.00. The SMILES string of the molecule is CC(C)[C@H](CNC(=O)NCc1ccc(F)cc1)N1CCc2ccccc2C1. The Kier molecular flexibility index (Phi) is 6.45. The Morgan fingerprint density at radius 2 is 1.78 bits per heavy atom. The van der Waals surface area contributed by atoms with E-state index < -0.39 is 0 Å². The Morgan fingerprint density at radius 3 is 2.48 bits per heavy atom. The summed E-state index contributed by atoms with van der Waals surface area (Å²) < 4.78 is 12.9. The van der Waals surface area contributed by atoms with Gasteiger partial charge in [0.05, 0.1) is 0 Å². The van der Waals surface area contributed by atoms with Crippen LogP contribution in [-0.4, -0.2) is 30.1 Å². The highest BCUT2D eigenvalue weighted by molar-refractivity contribution is 5.73. The van der Waals surface area contributed by atoms with Crippen LogP contribution in [0.1, 0.15) is 30.5 Å². The normalized spacial score (nSPS) is 15.3. The standard InChI is InChI=1S/C22H28FN3O/c1-16(2)21(26-12-11-18-5-3-4-6-19(18)15-26)14-25-22(27)24-13-17-7-9-20(23)10-8-17/h3-10,16,21H,11-15H2,1-2H3,(H2,24,25,27)/t21-/m0/s1. The highest BCUT2D eigenvalue weighted by atomic mass is 19.1. The molecule has 0 saturated carbocycles. The van der Waals surface area contributed by atoms with Crippen LogP contribution in [0.2, 0.25) is 0 Å². The van der Waals surface area contributed by atoms with Crippen LogP contribution in [0.3, 0.4) is 0 Å². The molecule has 144 valence electrons. The highest BCUT2D eigenvalue weighted by Gasteiger charge is 2.26. The molecule has 1 aliphatic heterocycles. The lowest BCUT2D eigenvalue weighted by molar-refractivity contribution is 0.137. The maximum atomic E-state index is 12.9. The average molecular weight is 369 g/mol. The van der Waals surface area contributed by atoms with Gasteiger partial charge in [-0.05, 0) is 41.2 Å². The number of nitrogens with one attached hydrogen (secondary N) is 2. The molecule has 0 radical (unpaired) electrons. The number of carbonyl (C=O) groups excluding carboxylic acids is 1. The van der Waals surface area contributed by atoms with Crippen LogP contribution >= 0.6 is 0 Å². The van der Waals surface area contributed by atoms with Gasteiger partial charge in [-0.25, -0.2) is 9.18 Å². The lowest BCUT2D eigenvalue weighted by Gasteiger charge is -2.38. The van der Waals surface area contributed by atoms with Gasteiger partial charge in [0.25, 0.3) is 0 Å². The second-order valence-electron chi connectivity index (χ2n) is 7.49. The Bertz CT molecular complexity index is 760. The lowest BCUT2D eigenvalue weighted by atomic mass is 9.95. The summed E-state index contributed by atoms with van der Waals surface area (Å²) in [6.07, 6.45) is 1.05. The number of carbonyl (C=O) groups is 1. The highest BCUT2D eigenvalue weighted by Crippen LogP contribution is 2.22. The molecule has 27 heavy (non-hydrogen) atoms. The van der Waals surface area contributed by atoms with E-state index in [1.54, 1.807) is 12.1 Å². The van der Waals surface area contributed by atoms with Crippen molar-refractivity contribution in [3.63, 3.8) is 0 Å². The summed E-state index contributed by atoms with van der Waals surface area (Å²) in [4.78, 5) is 14.6. The molecule has 1 atom stereocenters. The molecule has 5 heteroatoms. The van der Waals surface area contributed by atoms with Gasteiger partial charge in [-0.2, -0.15) is 0 Å². The lowest BCUT2D eigenvalue weighted by Crippen LogP contribution is -2.50. The van der Waals surface area contributed by atoms with Gasteiger partial charge >= 0.3 is 6.03 Å². The van der Waals surface area contributed by atoms with Crippen molar-refractivity contribution in [3.05, 3.63) is 71.0 Å². The summed E-state index contributed by atoms with van der Waals surface area (Å²) in [5.74, 6) is 0.166. The predicted octanol–water partition coefficient (Wildman–Crippen LogP) is 3.71. The molecule has 0 fully saturated rings. The molecule has 4 nitrogen and oxygen atoms in total. The molecule has 0 aromatic heterocycles. The van der Waals surface area contributed by atoms with Crippen LogP contribution < -0.4 is 10.6 Å². The first-order chi connectivity index (χ1) is 13.0. The molecule has 1 heterocycles. The van der Waals surface area contributed by atoms with Gasteiger partial charge in [0.1, 0.15) is 5.82 Å². The smallest absolute Gasteiger partial charge is 0.315 e. The molecular formula is C22H28FN3O. The van der Waals surface area contributed by atoms with E-state index in [2.05, 4.69) is 53.6 Å². The monoisotopic (exact) mass is 369 g/mol. The summed E-state index contributed by atoms with van der Waals surface area (Å²) in [7, 11) is 0. The fraction of sp³-hybridized carbons (Fsp3) is 0.409. The first kappa shape index (κ1) is 19.4. The number of benzene rings is 2. The van der Waals surface area contributed by atoms with E-state index in [-0.39, 0.29) is 17.9 Å². The first-order valence-corrected chi connectivity index (χ1v) is 9.60. The van der Waals surface area contributed by atoms with Crippen LogP contribution in [0.4, 0.5) is 9.18 Å². The molecule has 3 rings (SSSR count). The van der Waals surface area contributed by atoms with Gasteiger partial charge in [0.2, 0.25) is 0 Å². The van der Waals surface area contributed by atoms with E-state index in [9.17, 15) is 9.18 Å². The number of halogens is 1. The number of urea groups is 1. The number of rotatable bonds is 6. The molecule has 2 aromatic carbocycles. The molecule has 0 bridgehead atoms. The van der Waals surface area contributed by atoms with Gasteiger partial charge in [-0.3, -0.25) is 4.90 Å². The number of hydrogen-bond donors (Lipinski definition) is 2. The van der Waals surface area contributed by atoms with E-state index in [0.717, 1.165) is 25.1 Å². The predicted molar refractivity (Wildman–Crippen MR) is 106 cm³/mol. The number of amides is 2. The number of hydrogen-bond acceptors (Lipinski definition) is 2. The van der Waals surface area contributed by atoms with Crippen molar-refractivity contribution < 1.29 is 9.18 Å². The van der Waals surface area contributed by atoms with Gasteiger partial charge in [0, 0.05) is 32.2 Å². The molecule has 2 amide bonds. The topological polar surface area (TPSA) is 44.4 Å². The van der Waals surface area contributed by atoms with E-state index in [4.69, 9.17) is 0 Å². The molecule has 2 aromatic rings. The molecule has 0 unspecified atom stereocenters. The maximum absolute atomic E-state index is 12.9. The maximum Gasteiger partial charge on any atom is 0.315 e. The van der Waals surface area contributed by atoms with Gasteiger partial charge in [-0.1, -0.05) is 50.2 Å². The van der Waals surface area contributed by atoms with E-state index >= 15 is 0 Å². The molecule has 0 aliphatic carbocycles. The molecule has 2 N–H and O–H groups in total. The molecular weight excluding hydrogens is 341 g/mol. The summed E-state index contributed by atoms with van der Waals surface area (Å²) in [6.45, 7) is 7.33.